The second-order valence-electron chi connectivity index (χ2n) is 6.30. The van der Waals surface area contributed by atoms with Crippen molar-refractivity contribution in [1.29, 1.82) is 0 Å². The lowest BCUT2D eigenvalue weighted by atomic mass is 9.88. The topological polar surface area (TPSA) is 58.7 Å². The van der Waals surface area contributed by atoms with Gasteiger partial charge in [0.15, 0.2) is 0 Å². The fourth-order valence-electron chi connectivity index (χ4n) is 3.45. The second-order valence-corrected chi connectivity index (χ2v) is 6.30. The molecule has 1 unspecified atom stereocenters. The minimum atomic E-state index is -0.497. The molecule has 1 spiro atoms. The maximum absolute atomic E-state index is 12.2. The van der Waals surface area contributed by atoms with Crippen molar-refractivity contribution in [2.24, 2.45) is 16.6 Å². The highest BCUT2D eigenvalue weighted by Crippen LogP contribution is 2.45. The maximum atomic E-state index is 12.2. The molecule has 1 aromatic carbocycles. The summed E-state index contributed by atoms with van der Waals surface area (Å²) in [5.74, 6) is 0.860. The number of hydrogen-bond acceptors (Lipinski definition) is 2. The molecule has 20 heavy (non-hydrogen) atoms. The van der Waals surface area contributed by atoms with E-state index in [1.807, 2.05) is 4.90 Å². The van der Waals surface area contributed by atoms with Crippen LogP contribution in [0.5, 0.6) is 0 Å². The molecule has 1 aromatic rings. The number of amides is 2. The third kappa shape index (κ3) is 1.67. The highest BCUT2D eigenvalue weighted by molar-refractivity contribution is 6.07. The summed E-state index contributed by atoms with van der Waals surface area (Å²) in [6.07, 6.45) is 1.80. The summed E-state index contributed by atoms with van der Waals surface area (Å²) < 4.78 is 0. The van der Waals surface area contributed by atoms with Gasteiger partial charge in [-0.2, -0.15) is 4.99 Å². The Morgan fingerprint density at radius 1 is 1.45 bits per heavy atom. The molecule has 4 heteroatoms. The highest BCUT2D eigenvalue weighted by atomic mass is 16.2. The summed E-state index contributed by atoms with van der Waals surface area (Å²) in [5.41, 5.74) is 9.34. The van der Waals surface area contributed by atoms with Crippen LogP contribution >= 0.6 is 0 Å². The molecule has 0 radical (unpaired) electrons. The van der Waals surface area contributed by atoms with E-state index < -0.39 is 5.54 Å². The molecule has 1 aliphatic carbocycles. The first kappa shape index (κ1) is 13.2. The number of benzene rings is 1. The van der Waals surface area contributed by atoms with E-state index in [-0.39, 0.29) is 6.03 Å². The van der Waals surface area contributed by atoms with E-state index in [4.69, 9.17) is 5.73 Å². The number of fused-ring (bicyclic) bond motifs is 2. The Morgan fingerprint density at radius 3 is 2.90 bits per heavy atom. The minimum Gasteiger partial charge on any atom is -0.385 e. The summed E-state index contributed by atoms with van der Waals surface area (Å²) in [4.78, 5) is 18.2. The van der Waals surface area contributed by atoms with Gasteiger partial charge in [0, 0.05) is 6.54 Å². The first-order chi connectivity index (χ1) is 9.45. The molecule has 0 bridgehead atoms. The van der Waals surface area contributed by atoms with Gasteiger partial charge >= 0.3 is 6.03 Å². The lowest BCUT2D eigenvalue weighted by molar-refractivity contribution is 0.159. The van der Waals surface area contributed by atoms with Crippen LogP contribution in [0.3, 0.4) is 0 Å². The molecule has 2 amide bonds. The molecule has 2 N–H and O–H groups in total. The van der Waals surface area contributed by atoms with Gasteiger partial charge < -0.3 is 10.6 Å². The zero-order chi connectivity index (χ0) is 14.5. The van der Waals surface area contributed by atoms with Crippen molar-refractivity contribution in [2.45, 2.75) is 39.2 Å². The average Bonchev–Trinajstić information content (AvgIpc) is 2.84. The molecule has 0 fully saturated rings. The van der Waals surface area contributed by atoms with E-state index >= 15 is 0 Å². The Balaban J connectivity index is 2.14. The van der Waals surface area contributed by atoms with E-state index in [1.165, 1.54) is 16.7 Å². The van der Waals surface area contributed by atoms with Gasteiger partial charge in [0.25, 0.3) is 0 Å². The van der Waals surface area contributed by atoms with Gasteiger partial charge in [-0.3, -0.25) is 0 Å². The number of amidine groups is 1. The van der Waals surface area contributed by atoms with E-state index in [0.717, 1.165) is 12.8 Å². The number of nitrogens with two attached hydrogens (primary N) is 1. The predicted octanol–water partition coefficient (Wildman–Crippen LogP) is 2.59. The van der Waals surface area contributed by atoms with Crippen molar-refractivity contribution in [2.75, 3.05) is 6.54 Å². The summed E-state index contributed by atoms with van der Waals surface area (Å²) in [5, 5.41) is 0. The summed E-state index contributed by atoms with van der Waals surface area (Å²) in [6, 6.07) is 6.25. The number of hydrogen-bond donors (Lipinski definition) is 1. The van der Waals surface area contributed by atoms with Crippen LogP contribution in [-0.2, 0) is 12.0 Å². The van der Waals surface area contributed by atoms with Crippen molar-refractivity contribution < 1.29 is 4.79 Å². The van der Waals surface area contributed by atoms with Crippen LogP contribution < -0.4 is 5.73 Å². The van der Waals surface area contributed by atoms with Crippen molar-refractivity contribution in [3.8, 4) is 0 Å². The van der Waals surface area contributed by atoms with Crippen LogP contribution in [0.25, 0.3) is 0 Å². The molecule has 0 saturated heterocycles. The second kappa shape index (κ2) is 4.33. The largest absolute Gasteiger partial charge is 0.385 e. The lowest BCUT2D eigenvalue weighted by Crippen LogP contribution is -2.51. The molecular weight excluding hydrogens is 250 g/mol. The van der Waals surface area contributed by atoms with Crippen LogP contribution in [-0.4, -0.2) is 23.3 Å². The van der Waals surface area contributed by atoms with E-state index in [9.17, 15) is 4.79 Å². The zero-order valence-corrected chi connectivity index (χ0v) is 12.3. The first-order valence-corrected chi connectivity index (χ1v) is 7.21. The van der Waals surface area contributed by atoms with Crippen molar-refractivity contribution in [1.82, 2.24) is 4.90 Å². The Morgan fingerprint density at radius 2 is 2.20 bits per heavy atom. The molecule has 0 aromatic heterocycles. The number of carbonyl (C=O) groups excluding carboxylic acids is 1. The molecule has 0 saturated carbocycles. The fraction of sp³-hybridized carbons (Fsp3) is 0.500. The molecule has 3 rings (SSSR count). The highest BCUT2D eigenvalue weighted by Gasteiger charge is 2.53. The SMILES string of the molecule is Cc1ccc2c(c1)C1(CC2)C(N)=NC(=O)N1CC(C)C. The monoisotopic (exact) mass is 271 g/mol. The van der Waals surface area contributed by atoms with Gasteiger partial charge in [0.1, 0.15) is 11.4 Å². The Labute approximate surface area is 119 Å². The number of urea groups is 1. The Bertz CT molecular complexity index is 606. The number of aryl methyl sites for hydroxylation is 2. The van der Waals surface area contributed by atoms with Gasteiger partial charge in [-0.25, -0.2) is 4.79 Å². The third-order valence-corrected chi connectivity index (χ3v) is 4.35. The minimum absolute atomic E-state index is 0.189. The average molecular weight is 271 g/mol. The Hall–Kier alpha value is -1.84. The smallest absolute Gasteiger partial charge is 0.346 e. The van der Waals surface area contributed by atoms with Gasteiger partial charge in [-0.1, -0.05) is 37.6 Å². The Kier molecular flexibility index (Phi) is 2.85. The maximum Gasteiger partial charge on any atom is 0.346 e. The van der Waals surface area contributed by atoms with Crippen LogP contribution in [0.4, 0.5) is 4.79 Å². The van der Waals surface area contributed by atoms with Crippen LogP contribution in [0.1, 0.15) is 37.0 Å². The molecular formula is C16H21N3O. The first-order valence-electron chi connectivity index (χ1n) is 7.21. The normalized spacial score (nSPS) is 24.7. The fourth-order valence-corrected chi connectivity index (χ4v) is 3.45. The summed E-state index contributed by atoms with van der Waals surface area (Å²) >= 11 is 0. The number of nitrogens with zero attached hydrogens (tertiary/aromatic N) is 2. The lowest BCUT2D eigenvalue weighted by Gasteiger charge is -2.36. The third-order valence-electron chi connectivity index (χ3n) is 4.35. The van der Waals surface area contributed by atoms with Gasteiger partial charge in [-0.15, -0.1) is 0 Å². The van der Waals surface area contributed by atoms with E-state index in [0.29, 0.717) is 18.3 Å². The van der Waals surface area contributed by atoms with Crippen LogP contribution in [0, 0.1) is 12.8 Å². The van der Waals surface area contributed by atoms with E-state index in [2.05, 4.69) is 44.0 Å². The van der Waals surface area contributed by atoms with Crippen molar-refractivity contribution >= 4 is 11.9 Å². The van der Waals surface area contributed by atoms with Crippen molar-refractivity contribution in [3.05, 3.63) is 34.9 Å². The molecule has 1 heterocycles. The molecule has 1 aliphatic heterocycles. The van der Waals surface area contributed by atoms with Crippen LogP contribution in [0.2, 0.25) is 0 Å². The number of aliphatic imine (C=N–C) groups is 1. The van der Waals surface area contributed by atoms with E-state index in [1.54, 1.807) is 0 Å². The molecule has 2 aliphatic rings. The standard InChI is InChI=1S/C16H21N3O/c1-10(2)9-19-15(20)18-14(17)16(19)7-6-12-5-4-11(3)8-13(12)16/h4-5,8,10H,6-7,9H2,1-3H3,(H2,17,18,20). The molecule has 4 nitrogen and oxygen atoms in total. The van der Waals surface area contributed by atoms with Gasteiger partial charge in [0.05, 0.1) is 0 Å². The van der Waals surface area contributed by atoms with Crippen LogP contribution in [0.15, 0.2) is 23.2 Å². The molecule has 106 valence electrons. The van der Waals surface area contributed by atoms with Crippen molar-refractivity contribution in [3.63, 3.8) is 0 Å². The summed E-state index contributed by atoms with van der Waals surface area (Å²) in [6.45, 7) is 6.99. The predicted molar refractivity (Wildman–Crippen MR) is 79.7 cm³/mol. The quantitative estimate of drug-likeness (QED) is 0.898. The number of carbonyl (C=O) groups is 1. The van der Waals surface area contributed by atoms with Gasteiger partial charge in [0.2, 0.25) is 0 Å². The molecule has 1 atom stereocenters. The zero-order valence-electron chi connectivity index (χ0n) is 12.3. The number of rotatable bonds is 2. The summed E-state index contributed by atoms with van der Waals surface area (Å²) in [7, 11) is 0. The van der Waals surface area contributed by atoms with Gasteiger partial charge in [-0.05, 0) is 36.8 Å².